The number of aryl methyl sites for hydroxylation is 1. The lowest BCUT2D eigenvalue weighted by Crippen LogP contribution is -2.20. The third-order valence-corrected chi connectivity index (χ3v) is 4.16. The van der Waals surface area contributed by atoms with Gasteiger partial charge in [-0.25, -0.2) is 0 Å². The largest absolute Gasteiger partial charge is 0.493 e. The molecule has 0 atom stereocenters. The van der Waals surface area contributed by atoms with Crippen LogP contribution in [0.3, 0.4) is 0 Å². The van der Waals surface area contributed by atoms with Crippen molar-refractivity contribution in [2.45, 2.75) is 6.92 Å². The van der Waals surface area contributed by atoms with Crippen molar-refractivity contribution in [2.75, 3.05) is 19.0 Å². The monoisotopic (exact) mass is 408 g/mol. The molecule has 0 heterocycles. The second-order valence-corrected chi connectivity index (χ2v) is 6.16. The SMILES string of the molecule is COc1cc(C#N)cc(Br)c1OCC(=O)Nc1ccc(C)c(Cl)c1. The van der Waals surface area contributed by atoms with Gasteiger partial charge in [0.05, 0.1) is 23.2 Å². The van der Waals surface area contributed by atoms with Crippen LogP contribution in [0.15, 0.2) is 34.8 Å². The molecule has 0 aromatic heterocycles. The predicted molar refractivity (Wildman–Crippen MR) is 95.7 cm³/mol. The van der Waals surface area contributed by atoms with Gasteiger partial charge in [0.1, 0.15) is 0 Å². The molecule has 7 heteroatoms. The van der Waals surface area contributed by atoms with Gasteiger partial charge >= 0.3 is 0 Å². The standard InChI is InChI=1S/C17H14BrClN2O3/c1-10-3-4-12(7-14(10)19)21-16(22)9-24-17-13(18)5-11(8-20)6-15(17)23-2/h3-7H,9H2,1-2H3,(H,21,22). The summed E-state index contributed by atoms with van der Waals surface area (Å²) in [6, 6.07) is 10.4. The van der Waals surface area contributed by atoms with Crippen molar-refractivity contribution in [3.05, 3.63) is 51.0 Å². The van der Waals surface area contributed by atoms with E-state index in [0.29, 0.717) is 32.2 Å². The van der Waals surface area contributed by atoms with Gasteiger partial charge in [-0.2, -0.15) is 5.26 Å². The third-order valence-electron chi connectivity index (χ3n) is 3.16. The Hall–Kier alpha value is -2.23. The van der Waals surface area contributed by atoms with E-state index in [1.807, 2.05) is 19.1 Å². The predicted octanol–water partition coefficient (Wildman–Crippen LogP) is 4.31. The van der Waals surface area contributed by atoms with E-state index in [1.165, 1.54) is 13.2 Å². The van der Waals surface area contributed by atoms with Gasteiger partial charge in [-0.05, 0) is 46.6 Å². The lowest BCUT2D eigenvalue weighted by Gasteiger charge is -2.13. The Balaban J connectivity index is 2.06. The van der Waals surface area contributed by atoms with Gasteiger partial charge in [-0.3, -0.25) is 4.79 Å². The number of nitrogens with zero attached hydrogens (tertiary/aromatic N) is 1. The summed E-state index contributed by atoms with van der Waals surface area (Å²) in [5, 5.41) is 12.2. The second kappa shape index (κ2) is 8.04. The summed E-state index contributed by atoms with van der Waals surface area (Å²) < 4.78 is 11.2. The van der Waals surface area contributed by atoms with Gasteiger partial charge in [0.15, 0.2) is 18.1 Å². The van der Waals surface area contributed by atoms with Crippen molar-refractivity contribution < 1.29 is 14.3 Å². The van der Waals surface area contributed by atoms with Crippen molar-refractivity contribution in [2.24, 2.45) is 0 Å². The molecule has 1 amide bonds. The number of carbonyl (C=O) groups is 1. The summed E-state index contributed by atoms with van der Waals surface area (Å²) >= 11 is 9.34. The maximum atomic E-state index is 12.0. The summed E-state index contributed by atoms with van der Waals surface area (Å²) in [4.78, 5) is 12.0. The zero-order valence-corrected chi connectivity index (χ0v) is 15.4. The molecule has 24 heavy (non-hydrogen) atoms. The Morgan fingerprint density at radius 3 is 2.75 bits per heavy atom. The first-order valence-electron chi connectivity index (χ1n) is 6.91. The molecule has 2 aromatic rings. The summed E-state index contributed by atoms with van der Waals surface area (Å²) in [7, 11) is 1.46. The number of amides is 1. The molecular formula is C17H14BrClN2O3. The molecule has 0 fully saturated rings. The smallest absolute Gasteiger partial charge is 0.262 e. The first-order chi connectivity index (χ1) is 11.4. The maximum Gasteiger partial charge on any atom is 0.262 e. The molecular weight excluding hydrogens is 396 g/mol. The molecule has 2 aromatic carbocycles. The molecule has 0 aliphatic rings. The number of benzene rings is 2. The van der Waals surface area contributed by atoms with Crippen molar-refractivity contribution in [3.63, 3.8) is 0 Å². The number of anilines is 1. The van der Waals surface area contributed by atoms with Crippen LogP contribution >= 0.6 is 27.5 Å². The molecule has 1 N–H and O–H groups in total. The second-order valence-electron chi connectivity index (χ2n) is 4.90. The molecule has 2 rings (SSSR count). The molecule has 0 spiro atoms. The summed E-state index contributed by atoms with van der Waals surface area (Å²) in [5.74, 6) is 0.383. The Bertz CT molecular complexity index is 818. The van der Waals surface area contributed by atoms with Crippen LogP contribution < -0.4 is 14.8 Å². The maximum absolute atomic E-state index is 12.0. The van der Waals surface area contributed by atoms with Gasteiger partial charge < -0.3 is 14.8 Å². The lowest BCUT2D eigenvalue weighted by molar-refractivity contribution is -0.118. The van der Waals surface area contributed by atoms with Crippen LogP contribution in [0.5, 0.6) is 11.5 Å². The highest BCUT2D eigenvalue weighted by molar-refractivity contribution is 9.10. The molecule has 0 unspecified atom stereocenters. The zero-order chi connectivity index (χ0) is 17.7. The van der Waals surface area contributed by atoms with Crippen molar-refractivity contribution in [1.82, 2.24) is 0 Å². The number of nitrogens with one attached hydrogen (secondary N) is 1. The number of rotatable bonds is 5. The van der Waals surface area contributed by atoms with E-state index < -0.39 is 0 Å². The van der Waals surface area contributed by atoms with Gasteiger partial charge in [-0.1, -0.05) is 17.7 Å². The van der Waals surface area contributed by atoms with E-state index in [9.17, 15) is 4.79 Å². The number of halogens is 2. The molecule has 0 aliphatic carbocycles. The first-order valence-corrected chi connectivity index (χ1v) is 8.08. The van der Waals surface area contributed by atoms with Crippen LogP contribution in [0, 0.1) is 18.3 Å². The van der Waals surface area contributed by atoms with Gasteiger partial charge in [0, 0.05) is 16.8 Å². The Morgan fingerprint density at radius 2 is 2.12 bits per heavy atom. The third kappa shape index (κ3) is 4.40. The highest BCUT2D eigenvalue weighted by atomic mass is 79.9. The van der Waals surface area contributed by atoms with Crippen molar-refractivity contribution in [1.29, 1.82) is 5.26 Å². The number of methoxy groups -OCH3 is 1. The minimum Gasteiger partial charge on any atom is -0.493 e. The highest BCUT2D eigenvalue weighted by Gasteiger charge is 2.14. The summed E-state index contributed by atoms with van der Waals surface area (Å²) in [5.41, 5.74) is 1.94. The van der Waals surface area contributed by atoms with Crippen LogP contribution in [0.25, 0.3) is 0 Å². The minimum atomic E-state index is -0.340. The van der Waals surface area contributed by atoms with Gasteiger partial charge in [0.2, 0.25) is 0 Å². The van der Waals surface area contributed by atoms with E-state index in [0.717, 1.165) is 5.56 Å². The fourth-order valence-electron chi connectivity index (χ4n) is 1.93. The van der Waals surface area contributed by atoms with E-state index in [1.54, 1.807) is 18.2 Å². The van der Waals surface area contributed by atoms with E-state index in [2.05, 4.69) is 21.2 Å². The summed E-state index contributed by atoms with van der Waals surface area (Å²) in [6.45, 7) is 1.66. The molecule has 124 valence electrons. The molecule has 5 nitrogen and oxygen atoms in total. The van der Waals surface area contributed by atoms with Crippen LogP contribution in [0.1, 0.15) is 11.1 Å². The topological polar surface area (TPSA) is 71.3 Å². The Labute approximate surface area is 153 Å². The Morgan fingerprint density at radius 1 is 1.38 bits per heavy atom. The van der Waals surface area contributed by atoms with E-state index >= 15 is 0 Å². The number of carbonyl (C=O) groups excluding carboxylic acids is 1. The number of hydrogen-bond donors (Lipinski definition) is 1. The molecule has 0 saturated carbocycles. The van der Waals surface area contributed by atoms with Crippen LogP contribution in [-0.2, 0) is 4.79 Å². The first kappa shape index (κ1) is 18.1. The highest BCUT2D eigenvalue weighted by Crippen LogP contribution is 2.36. The fraction of sp³-hybridized carbons (Fsp3) is 0.176. The molecule has 0 saturated heterocycles. The van der Waals surface area contributed by atoms with Gasteiger partial charge in [-0.15, -0.1) is 0 Å². The lowest BCUT2D eigenvalue weighted by atomic mass is 10.2. The van der Waals surface area contributed by atoms with Crippen LogP contribution in [-0.4, -0.2) is 19.6 Å². The molecule has 0 aliphatic heterocycles. The van der Waals surface area contributed by atoms with Gasteiger partial charge in [0.25, 0.3) is 5.91 Å². The quantitative estimate of drug-likeness (QED) is 0.799. The minimum absolute atomic E-state index is 0.216. The number of nitriles is 1. The summed E-state index contributed by atoms with van der Waals surface area (Å²) in [6.07, 6.45) is 0. The average molecular weight is 410 g/mol. The van der Waals surface area contributed by atoms with Crippen LogP contribution in [0.2, 0.25) is 5.02 Å². The van der Waals surface area contributed by atoms with Crippen LogP contribution in [0.4, 0.5) is 5.69 Å². The van der Waals surface area contributed by atoms with E-state index in [-0.39, 0.29) is 12.5 Å². The van der Waals surface area contributed by atoms with Crippen molar-refractivity contribution >= 4 is 39.1 Å². The number of ether oxygens (including phenoxy) is 2. The number of hydrogen-bond acceptors (Lipinski definition) is 4. The van der Waals surface area contributed by atoms with Crippen molar-refractivity contribution in [3.8, 4) is 17.6 Å². The molecule has 0 bridgehead atoms. The zero-order valence-electron chi connectivity index (χ0n) is 13.0. The average Bonchev–Trinajstić information content (AvgIpc) is 2.56. The van der Waals surface area contributed by atoms with E-state index in [4.69, 9.17) is 26.3 Å². The fourth-order valence-corrected chi connectivity index (χ4v) is 2.67. The molecule has 0 radical (unpaired) electrons. The normalized spacial score (nSPS) is 9.96. The Kier molecular flexibility index (Phi) is 6.07.